The highest BCUT2D eigenvalue weighted by Gasteiger charge is 2.40. The fraction of sp³-hybridized carbons (Fsp3) is 0.917. The molecule has 0 spiro atoms. The summed E-state index contributed by atoms with van der Waals surface area (Å²) in [4.78, 5) is 14.1. The number of hydrogen-bond acceptors (Lipinski definition) is 3. The monoisotopic (exact) mass is 226 g/mol. The Morgan fingerprint density at radius 3 is 2.38 bits per heavy atom. The van der Waals surface area contributed by atoms with Crippen LogP contribution in [0.1, 0.15) is 40.0 Å². The zero-order valence-corrected chi connectivity index (χ0v) is 10.5. The minimum atomic E-state index is -0.393. The molecule has 1 saturated heterocycles. The van der Waals surface area contributed by atoms with E-state index in [1.807, 2.05) is 25.7 Å². The lowest BCUT2D eigenvalue weighted by Gasteiger charge is -2.31. The van der Waals surface area contributed by atoms with E-state index in [4.69, 9.17) is 4.74 Å². The topological polar surface area (TPSA) is 41.6 Å². The molecule has 1 N–H and O–H groups in total. The van der Waals surface area contributed by atoms with Crippen molar-refractivity contribution in [3.8, 4) is 0 Å². The second-order valence-corrected chi connectivity index (χ2v) is 5.77. The average Bonchev–Trinajstić information content (AvgIpc) is 2.78. The van der Waals surface area contributed by atoms with E-state index in [0.29, 0.717) is 12.1 Å². The Morgan fingerprint density at radius 1 is 1.25 bits per heavy atom. The number of rotatable bonds is 2. The van der Waals surface area contributed by atoms with Crippen molar-refractivity contribution in [2.24, 2.45) is 0 Å². The summed E-state index contributed by atoms with van der Waals surface area (Å²) in [6.07, 6.45) is 3.19. The Morgan fingerprint density at radius 2 is 1.94 bits per heavy atom. The quantitative estimate of drug-likeness (QED) is 0.780. The first-order chi connectivity index (χ1) is 7.47. The van der Waals surface area contributed by atoms with Gasteiger partial charge in [-0.1, -0.05) is 0 Å². The number of ether oxygens (including phenoxy) is 1. The third-order valence-corrected chi connectivity index (χ3v) is 2.97. The van der Waals surface area contributed by atoms with Crippen LogP contribution < -0.4 is 5.32 Å². The standard InChI is InChI=1S/C12H22N2O2/c1-12(2,3)16-11(15)14(9-4-5-9)10-6-7-13-8-10/h9-10,13H,4-8H2,1-3H3. The Hall–Kier alpha value is -0.770. The smallest absolute Gasteiger partial charge is 0.410 e. The average molecular weight is 226 g/mol. The first kappa shape index (κ1) is 11.7. The van der Waals surface area contributed by atoms with Crippen LogP contribution in [-0.4, -0.2) is 41.8 Å². The maximum absolute atomic E-state index is 12.1. The van der Waals surface area contributed by atoms with Crippen LogP contribution in [0.5, 0.6) is 0 Å². The molecular formula is C12H22N2O2. The Kier molecular flexibility index (Phi) is 3.10. The minimum Gasteiger partial charge on any atom is -0.444 e. The van der Waals surface area contributed by atoms with E-state index < -0.39 is 5.60 Å². The third kappa shape index (κ3) is 2.88. The van der Waals surface area contributed by atoms with Gasteiger partial charge in [0, 0.05) is 18.6 Å². The summed E-state index contributed by atoms with van der Waals surface area (Å²) >= 11 is 0. The second kappa shape index (κ2) is 4.24. The van der Waals surface area contributed by atoms with Crippen LogP contribution in [0.2, 0.25) is 0 Å². The van der Waals surface area contributed by atoms with Gasteiger partial charge in [-0.25, -0.2) is 4.79 Å². The molecule has 2 fully saturated rings. The summed E-state index contributed by atoms with van der Waals surface area (Å²) in [6, 6.07) is 0.766. The molecule has 2 rings (SSSR count). The molecule has 1 unspecified atom stereocenters. The zero-order valence-electron chi connectivity index (χ0n) is 10.5. The number of hydrogen-bond donors (Lipinski definition) is 1. The molecular weight excluding hydrogens is 204 g/mol. The molecule has 1 amide bonds. The fourth-order valence-electron chi connectivity index (χ4n) is 2.14. The number of nitrogens with one attached hydrogen (secondary N) is 1. The van der Waals surface area contributed by atoms with Crippen LogP contribution in [0.25, 0.3) is 0 Å². The lowest BCUT2D eigenvalue weighted by molar-refractivity contribution is 0.0157. The van der Waals surface area contributed by atoms with E-state index in [2.05, 4.69) is 5.32 Å². The van der Waals surface area contributed by atoms with Gasteiger partial charge in [0.1, 0.15) is 5.60 Å². The van der Waals surface area contributed by atoms with Gasteiger partial charge in [0.2, 0.25) is 0 Å². The van der Waals surface area contributed by atoms with Crippen molar-refractivity contribution in [3.05, 3.63) is 0 Å². The van der Waals surface area contributed by atoms with Gasteiger partial charge < -0.3 is 15.0 Å². The van der Waals surface area contributed by atoms with E-state index in [1.165, 1.54) is 0 Å². The summed E-state index contributed by atoms with van der Waals surface area (Å²) in [5.74, 6) is 0. The molecule has 4 nitrogen and oxygen atoms in total. The highest BCUT2D eigenvalue weighted by molar-refractivity contribution is 5.69. The van der Waals surface area contributed by atoms with Gasteiger partial charge in [-0.3, -0.25) is 0 Å². The van der Waals surface area contributed by atoms with Gasteiger partial charge in [-0.15, -0.1) is 0 Å². The van der Waals surface area contributed by atoms with Crippen molar-refractivity contribution in [1.82, 2.24) is 10.2 Å². The molecule has 0 aromatic carbocycles. The van der Waals surface area contributed by atoms with Gasteiger partial charge in [0.15, 0.2) is 0 Å². The molecule has 1 heterocycles. The largest absolute Gasteiger partial charge is 0.444 e. The van der Waals surface area contributed by atoms with E-state index in [-0.39, 0.29) is 6.09 Å². The molecule has 1 saturated carbocycles. The number of amides is 1. The lowest BCUT2D eigenvalue weighted by atomic mass is 10.2. The third-order valence-electron chi connectivity index (χ3n) is 2.97. The zero-order chi connectivity index (χ0) is 11.8. The summed E-state index contributed by atoms with van der Waals surface area (Å²) in [7, 11) is 0. The Labute approximate surface area is 97.3 Å². The fourth-order valence-corrected chi connectivity index (χ4v) is 2.14. The van der Waals surface area contributed by atoms with Crippen molar-refractivity contribution in [1.29, 1.82) is 0 Å². The predicted molar refractivity (Wildman–Crippen MR) is 62.4 cm³/mol. The molecule has 1 aliphatic heterocycles. The van der Waals surface area contributed by atoms with Crippen LogP contribution >= 0.6 is 0 Å². The SMILES string of the molecule is CC(C)(C)OC(=O)N(C1CC1)C1CCNC1. The normalized spacial score (nSPS) is 25.6. The minimum absolute atomic E-state index is 0.135. The summed E-state index contributed by atoms with van der Waals surface area (Å²) < 4.78 is 5.47. The summed E-state index contributed by atoms with van der Waals surface area (Å²) in [5, 5.41) is 3.30. The number of carbonyl (C=O) groups excluding carboxylic acids is 1. The van der Waals surface area contributed by atoms with E-state index in [0.717, 1.165) is 32.4 Å². The molecule has 0 aromatic heterocycles. The maximum Gasteiger partial charge on any atom is 0.410 e. The Balaban J connectivity index is 1.98. The molecule has 92 valence electrons. The predicted octanol–water partition coefficient (Wildman–Crippen LogP) is 1.75. The van der Waals surface area contributed by atoms with Crippen molar-refractivity contribution in [2.75, 3.05) is 13.1 Å². The molecule has 1 aliphatic carbocycles. The molecule has 1 atom stereocenters. The van der Waals surface area contributed by atoms with Crippen LogP contribution in [0.3, 0.4) is 0 Å². The molecule has 16 heavy (non-hydrogen) atoms. The van der Waals surface area contributed by atoms with Crippen molar-refractivity contribution in [2.45, 2.75) is 57.7 Å². The molecule has 0 aromatic rings. The van der Waals surface area contributed by atoms with Gasteiger partial charge in [-0.2, -0.15) is 0 Å². The second-order valence-electron chi connectivity index (χ2n) is 5.77. The van der Waals surface area contributed by atoms with Gasteiger partial charge >= 0.3 is 6.09 Å². The summed E-state index contributed by atoms with van der Waals surface area (Å²) in [5.41, 5.74) is -0.393. The molecule has 0 radical (unpaired) electrons. The van der Waals surface area contributed by atoms with Crippen LogP contribution in [-0.2, 0) is 4.74 Å². The van der Waals surface area contributed by atoms with Gasteiger partial charge in [0.25, 0.3) is 0 Å². The molecule has 4 heteroatoms. The first-order valence-corrected chi connectivity index (χ1v) is 6.19. The Bertz CT molecular complexity index is 263. The van der Waals surface area contributed by atoms with E-state index in [9.17, 15) is 4.79 Å². The first-order valence-electron chi connectivity index (χ1n) is 6.19. The lowest BCUT2D eigenvalue weighted by Crippen LogP contribution is -2.45. The van der Waals surface area contributed by atoms with Crippen LogP contribution in [0, 0.1) is 0 Å². The molecule has 0 bridgehead atoms. The van der Waals surface area contributed by atoms with Crippen LogP contribution in [0.15, 0.2) is 0 Å². The van der Waals surface area contributed by atoms with E-state index in [1.54, 1.807) is 0 Å². The molecule has 2 aliphatic rings. The highest BCUT2D eigenvalue weighted by Crippen LogP contribution is 2.31. The van der Waals surface area contributed by atoms with E-state index >= 15 is 0 Å². The van der Waals surface area contributed by atoms with Crippen molar-refractivity contribution in [3.63, 3.8) is 0 Å². The van der Waals surface area contributed by atoms with Crippen LogP contribution in [0.4, 0.5) is 4.79 Å². The summed E-state index contributed by atoms with van der Waals surface area (Å²) in [6.45, 7) is 7.68. The van der Waals surface area contributed by atoms with Crippen molar-refractivity contribution < 1.29 is 9.53 Å². The van der Waals surface area contributed by atoms with Gasteiger partial charge in [0.05, 0.1) is 0 Å². The maximum atomic E-state index is 12.1. The van der Waals surface area contributed by atoms with Gasteiger partial charge in [-0.05, 0) is 46.6 Å². The van der Waals surface area contributed by atoms with Crippen molar-refractivity contribution >= 4 is 6.09 Å². The number of carbonyl (C=O) groups is 1. The highest BCUT2D eigenvalue weighted by atomic mass is 16.6. The number of nitrogens with zero attached hydrogens (tertiary/aromatic N) is 1.